The molecule has 0 unspecified atom stereocenters. The predicted octanol–water partition coefficient (Wildman–Crippen LogP) is 0.449. The Kier molecular flexibility index (Phi) is 4.47. The predicted molar refractivity (Wildman–Crippen MR) is 95.7 cm³/mol. The number of piperazine rings is 1. The maximum atomic E-state index is 12.4. The Hall–Kier alpha value is -2.85. The monoisotopic (exact) mass is 339 g/mol. The Bertz CT molecular complexity index is 939. The molecule has 7 heteroatoms. The highest BCUT2D eigenvalue weighted by molar-refractivity contribution is 5.55. The minimum absolute atomic E-state index is 0.00934. The van der Waals surface area contributed by atoms with Gasteiger partial charge in [-0.3, -0.25) is 13.9 Å². The van der Waals surface area contributed by atoms with Crippen LogP contribution in [0.3, 0.4) is 0 Å². The second-order valence-corrected chi connectivity index (χ2v) is 6.40. The highest BCUT2D eigenvalue weighted by Crippen LogP contribution is 2.30. The molecule has 1 saturated heterocycles. The molecule has 0 radical (unpaired) electrons. The van der Waals surface area contributed by atoms with Crippen molar-refractivity contribution in [3.05, 3.63) is 62.3 Å². The Morgan fingerprint density at radius 3 is 2.36 bits per heavy atom. The molecule has 0 spiro atoms. The lowest BCUT2D eigenvalue weighted by Crippen LogP contribution is -2.50. The molecular weight excluding hydrogens is 318 g/mol. The first-order valence-electron chi connectivity index (χ1n) is 8.16. The first kappa shape index (κ1) is 17.0. The summed E-state index contributed by atoms with van der Waals surface area (Å²) in [4.78, 5) is 29.1. The average Bonchev–Trinajstić information content (AvgIpc) is 2.64. The number of hydrogen-bond donors (Lipinski definition) is 0. The number of nitrogens with zero attached hydrogens (tertiary/aromatic N) is 5. The van der Waals surface area contributed by atoms with Gasteiger partial charge in [-0.1, -0.05) is 30.3 Å². The zero-order valence-electron chi connectivity index (χ0n) is 14.6. The summed E-state index contributed by atoms with van der Waals surface area (Å²) < 4.78 is 2.39. The summed E-state index contributed by atoms with van der Waals surface area (Å²) in [7, 11) is 5.05. The van der Waals surface area contributed by atoms with Gasteiger partial charge in [0.15, 0.2) is 5.56 Å². The summed E-state index contributed by atoms with van der Waals surface area (Å²) in [6.45, 7) is 2.17. The second-order valence-electron chi connectivity index (χ2n) is 6.40. The van der Waals surface area contributed by atoms with E-state index < -0.39 is 11.2 Å². The van der Waals surface area contributed by atoms with Crippen molar-refractivity contribution < 1.29 is 0 Å². The summed E-state index contributed by atoms with van der Waals surface area (Å²) in [5.41, 5.74) is 0.122. The summed E-state index contributed by atoms with van der Waals surface area (Å²) >= 11 is 0. The topological polar surface area (TPSA) is 74.3 Å². The van der Waals surface area contributed by atoms with E-state index >= 15 is 0 Å². The van der Waals surface area contributed by atoms with Crippen LogP contribution in [0.5, 0.6) is 0 Å². The van der Waals surface area contributed by atoms with E-state index in [0.717, 1.165) is 23.2 Å². The Labute approximate surface area is 145 Å². The zero-order valence-corrected chi connectivity index (χ0v) is 14.6. The van der Waals surface area contributed by atoms with Gasteiger partial charge in [-0.05, 0) is 12.6 Å². The SMILES string of the molecule is CN1CCN(c2c(C#N)c(=O)n(C)c(=O)n2C)[C@@H](c2ccccc2)C1. The molecule has 0 amide bonds. The molecule has 7 nitrogen and oxygen atoms in total. The van der Waals surface area contributed by atoms with Crippen LogP contribution in [0.25, 0.3) is 0 Å². The summed E-state index contributed by atoms with van der Waals surface area (Å²) in [6, 6.07) is 11.9. The molecule has 0 bridgehead atoms. The fourth-order valence-corrected chi connectivity index (χ4v) is 3.40. The van der Waals surface area contributed by atoms with E-state index in [1.165, 1.54) is 11.6 Å². The van der Waals surface area contributed by atoms with Crippen molar-refractivity contribution in [2.45, 2.75) is 6.04 Å². The minimum Gasteiger partial charge on any atom is -0.347 e. The third kappa shape index (κ3) is 2.85. The number of rotatable bonds is 2. The van der Waals surface area contributed by atoms with Crippen LogP contribution in [0, 0.1) is 11.3 Å². The van der Waals surface area contributed by atoms with Gasteiger partial charge in [-0.25, -0.2) is 4.79 Å². The van der Waals surface area contributed by atoms with E-state index in [0.29, 0.717) is 12.4 Å². The van der Waals surface area contributed by atoms with E-state index in [2.05, 4.69) is 4.90 Å². The van der Waals surface area contributed by atoms with Gasteiger partial charge >= 0.3 is 5.69 Å². The molecule has 3 rings (SSSR count). The normalized spacial score (nSPS) is 18.2. The lowest BCUT2D eigenvalue weighted by Gasteiger charge is -2.42. The molecule has 1 aliphatic heterocycles. The van der Waals surface area contributed by atoms with E-state index in [9.17, 15) is 14.9 Å². The van der Waals surface area contributed by atoms with Crippen molar-refractivity contribution in [3.63, 3.8) is 0 Å². The van der Waals surface area contributed by atoms with E-state index in [4.69, 9.17) is 0 Å². The van der Waals surface area contributed by atoms with Crippen LogP contribution in [-0.2, 0) is 14.1 Å². The summed E-state index contributed by atoms with van der Waals surface area (Å²) in [5.74, 6) is 0.401. The van der Waals surface area contributed by atoms with E-state index in [1.807, 2.05) is 48.3 Å². The molecule has 1 aromatic carbocycles. The fourth-order valence-electron chi connectivity index (χ4n) is 3.40. The third-order valence-electron chi connectivity index (χ3n) is 4.79. The van der Waals surface area contributed by atoms with Gasteiger partial charge in [-0.15, -0.1) is 0 Å². The molecule has 1 aliphatic rings. The van der Waals surface area contributed by atoms with Crippen LogP contribution in [0.2, 0.25) is 0 Å². The molecule has 1 fully saturated rings. The van der Waals surface area contributed by atoms with Gasteiger partial charge in [0, 0.05) is 33.7 Å². The smallest absolute Gasteiger partial charge is 0.332 e. The third-order valence-corrected chi connectivity index (χ3v) is 4.79. The molecule has 0 saturated carbocycles. The van der Waals surface area contributed by atoms with Gasteiger partial charge < -0.3 is 9.80 Å². The Morgan fingerprint density at radius 2 is 1.72 bits per heavy atom. The van der Waals surface area contributed by atoms with Gasteiger partial charge in [0.2, 0.25) is 0 Å². The first-order valence-corrected chi connectivity index (χ1v) is 8.16. The van der Waals surface area contributed by atoms with Crippen molar-refractivity contribution in [1.29, 1.82) is 5.26 Å². The van der Waals surface area contributed by atoms with Crippen LogP contribution >= 0.6 is 0 Å². The van der Waals surface area contributed by atoms with Gasteiger partial charge in [-0.2, -0.15) is 5.26 Å². The van der Waals surface area contributed by atoms with Crippen LogP contribution < -0.4 is 16.1 Å². The van der Waals surface area contributed by atoms with Crippen molar-refractivity contribution in [3.8, 4) is 6.07 Å². The number of aromatic nitrogens is 2. The number of nitriles is 1. The highest BCUT2D eigenvalue weighted by Gasteiger charge is 2.31. The molecule has 2 aromatic rings. The maximum Gasteiger partial charge on any atom is 0.332 e. The Balaban J connectivity index is 2.22. The minimum atomic E-state index is -0.550. The fraction of sp³-hybridized carbons (Fsp3) is 0.389. The van der Waals surface area contributed by atoms with Gasteiger partial charge in [0.25, 0.3) is 5.56 Å². The van der Waals surface area contributed by atoms with Crippen LogP contribution in [0.4, 0.5) is 5.82 Å². The van der Waals surface area contributed by atoms with Crippen molar-refractivity contribution in [1.82, 2.24) is 14.0 Å². The summed E-state index contributed by atoms with van der Waals surface area (Å²) in [5, 5.41) is 9.56. The molecule has 0 aliphatic carbocycles. The van der Waals surface area contributed by atoms with Crippen LogP contribution in [0.15, 0.2) is 39.9 Å². The second kappa shape index (κ2) is 6.57. The number of anilines is 1. The van der Waals surface area contributed by atoms with E-state index in [1.54, 1.807) is 7.05 Å². The molecule has 130 valence electrons. The summed E-state index contributed by atoms with van der Waals surface area (Å²) in [6.07, 6.45) is 0. The standard InChI is InChI=1S/C18H21N5O2/c1-20-9-10-23(15(12-20)13-7-5-4-6-8-13)16-14(11-19)17(24)22(3)18(25)21(16)2/h4-8,15H,9-10,12H2,1-3H3/t15-/m1/s1. The lowest BCUT2D eigenvalue weighted by atomic mass is 10.0. The number of likely N-dealkylation sites (N-methyl/N-ethyl adjacent to an activating group) is 1. The quantitative estimate of drug-likeness (QED) is 0.794. The molecule has 25 heavy (non-hydrogen) atoms. The van der Waals surface area contributed by atoms with Crippen LogP contribution in [-0.4, -0.2) is 40.7 Å². The molecule has 2 heterocycles. The van der Waals surface area contributed by atoms with Crippen molar-refractivity contribution in [2.24, 2.45) is 14.1 Å². The molecule has 1 aromatic heterocycles. The Morgan fingerprint density at radius 1 is 1.04 bits per heavy atom. The van der Waals surface area contributed by atoms with E-state index in [-0.39, 0.29) is 11.6 Å². The number of benzene rings is 1. The van der Waals surface area contributed by atoms with Gasteiger partial charge in [0.05, 0.1) is 6.04 Å². The lowest BCUT2D eigenvalue weighted by molar-refractivity contribution is 0.266. The van der Waals surface area contributed by atoms with Crippen molar-refractivity contribution >= 4 is 5.82 Å². The first-order chi connectivity index (χ1) is 12.0. The molecule has 0 N–H and O–H groups in total. The van der Waals surface area contributed by atoms with Crippen molar-refractivity contribution in [2.75, 3.05) is 31.6 Å². The zero-order chi connectivity index (χ0) is 18.1. The maximum absolute atomic E-state index is 12.4. The number of hydrogen-bond acceptors (Lipinski definition) is 5. The molecule has 1 atom stereocenters. The molecular formula is C18H21N5O2. The largest absolute Gasteiger partial charge is 0.347 e. The highest BCUT2D eigenvalue weighted by atomic mass is 16.2. The average molecular weight is 339 g/mol. The van der Waals surface area contributed by atoms with Crippen LogP contribution in [0.1, 0.15) is 17.2 Å². The van der Waals surface area contributed by atoms with Gasteiger partial charge in [0.1, 0.15) is 11.9 Å².